The van der Waals surface area contributed by atoms with Crippen molar-refractivity contribution in [1.29, 1.82) is 5.26 Å². The zero-order valence-electron chi connectivity index (χ0n) is 21.2. The smallest absolute Gasteiger partial charge is 0.307 e. The third-order valence-corrected chi connectivity index (χ3v) is 7.73. The van der Waals surface area contributed by atoms with Gasteiger partial charge in [-0.25, -0.2) is 4.98 Å². The van der Waals surface area contributed by atoms with Crippen molar-refractivity contribution in [3.63, 3.8) is 0 Å². The Morgan fingerprint density at radius 2 is 2.17 bits per heavy atom. The summed E-state index contributed by atoms with van der Waals surface area (Å²) in [6.45, 7) is 8.55. The van der Waals surface area contributed by atoms with E-state index in [2.05, 4.69) is 41.1 Å². The molecule has 2 heterocycles. The van der Waals surface area contributed by atoms with Gasteiger partial charge in [-0.2, -0.15) is 5.26 Å². The molecule has 7 heteroatoms. The van der Waals surface area contributed by atoms with Crippen LogP contribution in [-0.4, -0.2) is 46.7 Å². The molecule has 1 fully saturated rings. The number of benzene rings is 2. The fourth-order valence-electron chi connectivity index (χ4n) is 4.89. The molecule has 1 aliphatic rings. The van der Waals surface area contributed by atoms with Gasteiger partial charge in [-0.15, -0.1) is 11.3 Å². The number of carboxylic acid groups (broad SMARTS) is 1. The molecule has 1 saturated heterocycles. The van der Waals surface area contributed by atoms with E-state index in [9.17, 15) is 15.2 Å². The molecule has 188 valence electrons. The minimum Gasteiger partial charge on any atom is -0.490 e. The van der Waals surface area contributed by atoms with Crippen LogP contribution < -0.4 is 4.74 Å². The lowest BCUT2D eigenvalue weighted by Gasteiger charge is -2.17. The Morgan fingerprint density at radius 3 is 2.86 bits per heavy atom. The number of thiazole rings is 1. The molecule has 0 radical (unpaired) electrons. The maximum atomic E-state index is 11.2. The van der Waals surface area contributed by atoms with Crippen molar-refractivity contribution in [2.45, 2.75) is 52.6 Å². The zero-order valence-corrected chi connectivity index (χ0v) is 22.0. The van der Waals surface area contributed by atoms with E-state index in [1.807, 2.05) is 38.2 Å². The van der Waals surface area contributed by atoms with Crippen LogP contribution in [0, 0.1) is 17.2 Å². The molecule has 3 aromatic rings. The van der Waals surface area contributed by atoms with Gasteiger partial charge in [0.25, 0.3) is 0 Å². The number of aryl methyl sites for hydroxylation is 1. The third-order valence-electron chi connectivity index (χ3n) is 6.65. The molecular formula is C29H33N3O3S. The first-order chi connectivity index (χ1) is 17.4. The van der Waals surface area contributed by atoms with Crippen LogP contribution in [0.25, 0.3) is 21.0 Å². The second kappa shape index (κ2) is 11.7. The van der Waals surface area contributed by atoms with Gasteiger partial charge < -0.3 is 14.7 Å². The van der Waals surface area contributed by atoms with E-state index in [1.54, 1.807) is 11.3 Å². The molecule has 1 aliphatic heterocycles. The van der Waals surface area contributed by atoms with Crippen LogP contribution in [0.15, 0.2) is 42.6 Å². The van der Waals surface area contributed by atoms with Crippen molar-refractivity contribution in [3.05, 3.63) is 59.3 Å². The highest BCUT2D eigenvalue weighted by molar-refractivity contribution is 7.18. The Kier molecular flexibility index (Phi) is 8.40. The van der Waals surface area contributed by atoms with Gasteiger partial charge in [0.15, 0.2) is 0 Å². The molecule has 1 aromatic heterocycles. The average Bonchev–Trinajstić information content (AvgIpc) is 3.54. The lowest BCUT2D eigenvalue weighted by molar-refractivity contribution is -0.141. The molecule has 0 spiro atoms. The van der Waals surface area contributed by atoms with Crippen molar-refractivity contribution in [1.82, 2.24) is 9.88 Å². The maximum absolute atomic E-state index is 11.2. The summed E-state index contributed by atoms with van der Waals surface area (Å²) in [5.41, 5.74) is 5.34. The third kappa shape index (κ3) is 5.95. The molecule has 0 amide bonds. The Labute approximate surface area is 217 Å². The first-order valence-corrected chi connectivity index (χ1v) is 13.4. The van der Waals surface area contributed by atoms with Gasteiger partial charge in [0.05, 0.1) is 22.5 Å². The molecule has 0 aliphatic carbocycles. The van der Waals surface area contributed by atoms with Gasteiger partial charge in [-0.05, 0) is 87.5 Å². The van der Waals surface area contributed by atoms with E-state index < -0.39 is 5.97 Å². The van der Waals surface area contributed by atoms with Crippen molar-refractivity contribution < 1.29 is 14.6 Å². The number of aromatic nitrogens is 1. The fourth-order valence-corrected chi connectivity index (χ4v) is 5.85. The molecule has 6 nitrogen and oxygen atoms in total. The van der Waals surface area contributed by atoms with E-state index in [1.165, 1.54) is 16.7 Å². The highest BCUT2D eigenvalue weighted by Gasteiger charge is 2.27. The highest BCUT2D eigenvalue weighted by Crippen LogP contribution is 2.36. The topological polar surface area (TPSA) is 86.5 Å². The van der Waals surface area contributed by atoms with Gasteiger partial charge >= 0.3 is 5.97 Å². The Balaban J connectivity index is 1.49. The van der Waals surface area contributed by atoms with E-state index >= 15 is 0 Å². The van der Waals surface area contributed by atoms with Crippen molar-refractivity contribution in [3.8, 4) is 32.8 Å². The number of rotatable bonds is 10. The molecule has 1 atom stereocenters. The number of carboxylic acids is 1. The van der Waals surface area contributed by atoms with Crippen molar-refractivity contribution in [2.75, 3.05) is 19.6 Å². The summed E-state index contributed by atoms with van der Waals surface area (Å²) in [7, 11) is 0. The van der Waals surface area contributed by atoms with Crippen LogP contribution >= 0.6 is 11.3 Å². The quantitative estimate of drug-likeness (QED) is 0.363. The minimum absolute atomic E-state index is 0.00571. The largest absolute Gasteiger partial charge is 0.490 e. The summed E-state index contributed by atoms with van der Waals surface area (Å²) in [4.78, 5) is 19.3. The summed E-state index contributed by atoms with van der Waals surface area (Å²) >= 11 is 1.64. The van der Waals surface area contributed by atoms with Crippen LogP contribution in [-0.2, 0) is 17.6 Å². The first-order valence-electron chi connectivity index (χ1n) is 12.6. The predicted octanol–water partition coefficient (Wildman–Crippen LogP) is 6.04. The average molecular weight is 504 g/mol. The molecule has 36 heavy (non-hydrogen) atoms. The number of aliphatic carboxylic acids is 1. The van der Waals surface area contributed by atoms with Crippen LogP contribution in [0.3, 0.4) is 0 Å². The number of likely N-dealkylation sites (tertiary alicyclic amines) is 1. The van der Waals surface area contributed by atoms with E-state index in [-0.39, 0.29) is 12.0 Å². The van der Waals surface area contributed by atoms with Crippen LogP contribution in [0.5, 0.6) is 5.75 Å². The van der Waals surface area contributed by atoms with Crippen molar-refractivity contribution >= 4 is 17.3 Å². The van der Waals surface area contributed by atoms with E-state index in [0.717, 1.165) is 54.2 Å². The van der Waals surface area contributed by atoms with Crippen LogP contribution in [0.2, 0.25) is 0 Å². The Hall–Kier alpha value is -3.21. The Bertz CT molecular complexity index is 1260. The maximum Gasteiger partial charge on any atom is 0.307 e. The molecule has 0 saturated carbocycles. The summed E-state index contributed by atoms with van der Waals surface area (Å²) in [6.07, 6.45) is 5.61. The number of carbonyl (C=O) groups is 1. The van der Waals surface area contributed by atoms with Gasteiger partial charge in [0.2, 0.25) is 0 Å². The van der Waals surface area contributed by atoms with Gasteiger partial charge in [-0.1, -0.05) is 25.1 Å². The zero-order chi connectivity index (χ0) is 25.7. The summed E-state index contributed by atoms with van der Waals surface area (Å²) in [6, 6.07) is 14.4. The van der Waals surface area contributed by atoms with Gasteiger partial charge in [0, 0.05) is 18.3 Å². The summed E-state index contributed by atoms with van der Waals surface area (Å²) < 4.78 is 5.76. The summed E-state index contributed by atoms with van der Waals surface area (Å²) in [5.74, 6) is -0.296. The second-order valence-electron chi connectivity index (χ2n) is 9.54. The number of hydrogen-bond acceptors (Lipinski definition) is 6. The van der Waals surface area contributed by atoms with Crippen molar-refractivity contribution in [2.24, 2.45) is 5.92 Å². The predicted molar refractivity (Wildman–Crippen MR) is 143 cm³/mol. The normalized spacial score (nSPS) is 15.8. The lowest BCUT2D eigenvalue weighted by atomic mass is 9.95. The molecule has 0 bridgehead atoms. The number of nitriles is 1. The fraction of sp³-hybridized carbons (Fsp3) is 0.414. The van der Waals surface area contributed by atoms with E-state index in [4.69, 9.17) is 4.74 Å². The van der Waals surface area contributed by atoms with Crippen LogP contribution in [0.1, 0.15) is 50.3 Å². The first kappa shape index (κ1) is 25.9. The standard InChI is InChI=1S/C29H33N3O3S/c1-4-24-20(8-6-13-32-14-12-22(18-32)29(33)34)7-5-9-25(24)27-17-31-28(36-27)21-10-11-26(35-19(2)3)23(15-21)16-30/h5,7,9-11,15,17,19,22H,4,6,8,12-14,18H2,1-3H3,(H,33,34). The number of hydrogen-bond donors (Lipinski definition) is 1. The monoisotopic (exact) mass is 503 g/mol. The molecule has 1 unspecified atom stereocenters. The number of nitrogens with zero attached hydrogens (tertiary/aromatic N) is 3. The minimum atomic E-state index is -0.675. The molecule has 4 rings (SSSR count). The molecule has 2 aromatic carbocycles. The molecule has 1 N–H and O–H groups in total. The van der Waals surface area contributed by atoms with E-state index in [0.29, 0.717) is 17.9 Å². The summed E-state index contributed by atoms with van der Waals surface area (Å²) in [5, 5.41) is 19.7. The van der Waals surface area contributed by atoms with Crippen LogP contribution in [0.4, 0.5) is 0 Å². The second-order valence-corrected chi connectivity index (χ2v) is 10.6. The number of ether oxygens (including phenoxy) is 1. The van der Waals surface area contributed by atoms with Gasteiger partial charge in [-0.3, -0.25) is 4.79 Å². The highest BCUT2D eigenvalue weighted by atomic mass is 32.1. The lowest BCUT2D eigenvalue weighted by Crippen LogP contribution is -2.24. The molecular weight excluding hydrogens is 470 g/mol. The SMILES string of the molecule is CCc1c(CCCN2CCC(C(=O)O)C2)cccc1-c1cnc(-c2ccc(OC(C)C)c(C#N)c2)s1. The Morgan fingerprint density at radius 1 is 1.33 bits per heavy atom. The van der Waals surface area contributed by atoms with Gasteiger partial charge in [0.1, 0.15) is 16.8 Å².